The molecule has 1 aromatic carbocycles. The largest absolute Gasteiger partial charge is 0.468 e. The van der Waals surface area contributed by atoms with E-state index in [1.54, 1.807) is 0 Å². The second-order valence-electron chi connectivity index (χ2n) is 4.86. The molecule has 6 nitrogen and oxygen atoms in total. The lowest BCUT2D eigenvalue weighted by Crippen LogP contribution is -2.40. The summed E-state index contributed by atoms with van der Waals surface area (Å²) in [4.78, 5) is 11.7. The van der Waals surface area contributed by atoms with Gasteiger partial charge in [-0.15, -0.1) is 0 Å². The minimum atomic E-state index is -3.97. The van der Waals surface area contributed by atoms with E-state index in [1.807, 2.05) is 31.2 Å². The minimum absolute atomic E-state index is 0.222. The van der Waals surface area contributed by atoms with Crippen molar-refractivity contribution in [2.45, 2.75) is 25.8 Å². The maximum atomic E-state index is 11.7. The highest BCUT2D eigenvalue weighted by molar-refractivity contribution is 7.85. The zero-order valence-corrected chi connectivity index (χ0v) is 13.0. The molecule has 0 aliphatic heterocycles. The third-order valence-corrected chi connectivity index (χ3v) is 3.82. The summed E-state index contributed by atoms with van der Waals surface area (Å²) in [6.07, 6.45) is 0.680. The number of methoxy groups -OCH3 is 1. The third kappa shape index (κ3) is 7.22. The molecule has 7 heteroatoms. The number of benzene rings is 1. The normalized spacial score (nSPS) is 12.9. The highest BCUT2D eigenvalue weighted by Gasteiger charge is 2.19. The molecule has 118 valence electrons. The Labute approximate surface area is 125 Å². The predicted octanol–water partition coefficient (Wildman–Crippen LogP) is 0.947. The van der Waals surface area contributed by atoms with E-state index in [9.17, 15) is 13.2 Å². The van der Waals surface area contributed by atoms with Crippen LogP contribution in [0.5, 0.6) is 0 Å². The Morgan fingerprint density at radius 1 is 1.33 bits per heavy atom. The van der Waals surface area contributed by atoms with Crippen LogP contribution in [0.3, 0.4) is 0 Å². The molecule has 1 atom stereocenters. The second-order valence-corrected chi connectivity index (χ2v) is 6.43. The van der Waals surface area contributed by atoms with Gasteiger partial charge in [-0.3, -0.25) is 9.35 Å². The number of esters is 1. The fourth-order valence-electron chi connectivity index (χ4n) is 1.87. The molecule has 2 N–H and O–H groups in total. The molecule has 0 heterocycles. The van der Waals surface area contributed by atoms with Crippen molar-refractivity contribution in [3.8, 4) is 0 Å². The van der Waals surface area contributed by atoms with Crippen LogP contribution in [0, 0.1) is 6.92 Å². The van der Waals surface area contributed by atoms with Gasteiger partial charge >= 0.3 is 5.97 Å². The number of nitrogens with one attached hydrogen (secondary N) is 1. The molecule has 0 aliphatic carbocycles. The molecule has 21 heavy (non-hydrogen) atoms. The Bertz CT molecular complexity index is 553. The van der Waals surface area contributed by atoms with E-state index < -0.39 is 22.1 Å². The van der Waals surface area contributed by atoms with Gasteiger partial charge in [0.25, 0.3) is 10.1 Å². The standard InChI is InChI=1S/C14H21NO5S/c1-11-4-6-12(7-5-11)10-13(14(16)20-2)15-8-3-9-21(17,18)19/h4-7,13,15H,3,8-10H2,1-2H3,(H,17,18,19)/t13-/m1/s1. The minimum Gasteiger partial charge on any atom is -0.468 e. The summed E-state index contributed by atoms with van der Waals surface area (Å²) in [7, 11) is -2.66. The number of rotatable bonds is 8. The van der Waals surface area contributed by atoms with Crippen molar-refractivity contribution in [1.29, 1.82) is 0 Å². The van der Waals surface area contributed by atoms with Crippen molar-refractivity contribution in [3.63, 3.8) is 0 Å². The fourth-order valence-corrected chi connectivity index (χ4v) is 2.38. The molecule has 0 spiro atoms. The van der Waals surface area contributed by atoms with Crippen molar-refractivity contribution < 1.29 is 22.5 Å². The number of aryl methyl sites for hydroxylation is 1. The lowest BCUT2D eigenvalue weighted by molar-refractivity contribution is -0.143. The van der Waals surface area contributed by atoms with Gasteiger partial charge in [0.15, 0.2) is 0 Å². The molecule has 0 saturated carbocycles. The van der Waals surface area contributed by atoms with Gasteiger partial charge in [0, 0.05) is 0 Å². The summed E-state index contributed by atoms with van der Waals surface area (Å²) in [6.45, 7) is 2.28. The van der Waals surface area contributed by atoms with Gasteiger partial charge in [0.1, 0.15) is 6.04 Å². The van der Waals surface area contributed by atoms with E-state index in [0.717, 1.165) is 11.1 Å². The van der Waals surface area contributed by atoms with Crippen LogP contribution in [0.15, 0.2) is 24.3 Å². The fraction of sp³-hybridized carbons (Fsp3) is 0.500. The second kappa shape index (κ2) is 8.11. The van der Waals surface area contributed by atoms with Crippen LogP contribution in [0.1, 0.15) is 17.5 Å². The van der Waals surface area contributed by atoms with E-state index in [0.29, 0.717) is 13.0 Å². The Balaban J connectivity index is 2.56. The Morgan fingerprint density at radius 2 is 1.95 bits per heavy atom. The van der Waals surface area contributed by atoms with Crippen LogP contribution in [0.4, 0.5) is 0 Å². The maximum absolute atomic E-state index is 11.7. The summed E-state index contributed by atoms with van der Waals surface area (Å²) in [5, 5.41) is 2.96. The van der Waals surface area contributed by atoms with Crippen molar-refractivity contribution in [1.82, 2.24) is 5.32 Å². The maximum Gasteiger partial charge on any atom is 0.323 e. The Hall–Kier alpha value is -1.44. The van der Waals surface area contributed by atoms with Crippen LogP contribution in [0.25, 0.3) is 0 Å². The quantitative estimate of drug-likeness (QED) is 0.421. The molecule has 0 amide bonds. The highest BCUT2D eigenvalue weighted by atomic mass is 32.2. The monoisotopic (exact) mass is 315 g/mol. The molecular formula is C14H21NO5S. The molecule has 1 aromatic rings. The first-order valence-corrected chi connectivity index (χ1v) is 8.24. The first-order chi connectivity index (χ1) is 9.81. The van der Waals surface area contributed by atoms with E-state index in [2.05, 4.69) is 5.32 Å². The summed E-state index contributed by atoms with van der Waals surface area (Å²) < 4.78 is 34.6. The van der Waals surface area contributed by atoms with E-state index in [-0.39, 0.29) is 12.2 Å². The summed E-state index contributed by atoms with van der Waals surface area (Å²) >= 11 is 0. The molecule has 0 radical (unpaired) electrons. The lowest BCUT2D eigenvalue weighted by atomic mass is 10.0. The van der Waals surface area contributed by atoms with Crippen LogP contribution in [-0.4, -0.2) is 44.4 Å². The summed E-state index contributed by atoms with van der Waals surface area (Å²) in [5.41, 5.74) is 2.12. The topological polar surface area (TPSA) is 92.7 Å². The van der Waals surface area contributed by atoms with Gasteiger partial charge in [-0.25, -0.2) is 0 Å². The predicted molar refractivity (Wildman–Crippen MR) is 79.7 cm³/mol. The van der Waals surface area contributed by atoms with Gasteiger partial charge < -0.3 is 10.1 Å². The smallest absolute Gasteiger partial charge is 0.323 e. The first kappa shape index (κ1) is 17.6. The molecule has 0 bridgehead atoms. The van der Waals surface area contributed by atoms with E-state index in [4.69, 9.17) is 9.29 Å². The SMILES string of the molecule is COC(=O)[C@@H](Cc1ccc(C)cc1)NCCCS(=O)(=O)O. The van der Waals surface area contributed by atoms with Crippen LogP contribution < -0.4 is 5.32 Å². The number of carbonyl (C=O) groups excluding carboxylic acids is 1. The highest BCUT2D eigenvalue weighted by Crippen LogP contribution is 2.07. The van der Waals surface area contributed by atoms with E-state index >= 15 is 0 Å². The van der Waals surface area contributed by atoms with Crippen molar-refractivity contribution in [2.75, 3.05) is 19.4 Å². The van der Waals surface area contributed by atoms with Crippen molar-refractivity contribution in [2.24, 2.45) is 0 Å². The molecule has 0 saturated heterocycles. The average molecular weight is 315 g/mol. The Morgan fingerprint density at radius 3 is 2.48 bits per heavy atom. The van der Waals surface area contributed by atoms with Crippen LogP contribution in [0.2, 0.25) is 0 Å². The number of ether oxygens (including phenoxy) is 1. The van der Waals surface area contributed by atoms with Gasteiger partial charge in [-0.05, 0) is 31.9 Å². The van der Waals surface area contributed by atoms with Crippen molar-refractivity contribution >= 4 is 16.1 Å². The molecule has 0 unspecified atom stereocenters. The molecule has 0 aromatic heterocycles. The van der Waals surface area contributed by atoms with Gasteiger partial charge in [0.2, 0.25) is 0 Å². The van der Waals surface area contributed by atoms with Crippen molar-refractivity contribution in [3.05, 3.63) is 35.4 Å². The zero-order chi connectivity index (χ0) is 15.9. The average Bonchev–Trinajstić information content (AvgIpc) is 2.42. The van der Waals surface area contributed by atoms with Gasteiger partial charge in [-0.1, -0.05) is 29.8 Å². The molecule has 1 rings (SSSR count). The molecular weight excluding hydrogens is 294 g/mol. The van der Waals surface area contributed by atoms with Crippen LogP contribution >= 0.6 is 0 Å². The summed E-state index contributed by atoms with van der Waals surface area (Å²) in [5.74, 6) is -0.735. The molecule has 0 fully saturated rings. The number of hydrogen-bond acceptors (Lipinski definition) is 5. The summed E-state index contributed by atoms with van der Waals surface area (Å²) in [6, 6.07) is 7.25. The Kier molecular flexibility index (Phi) is 6.80. The van der Waals surface area contributed by atoms with E-state index in [1.165, 1.54) is 7.11 Å². The van der Waals surface area contributed by atoms with Gasteiger partial charge in [-0.2, -0.15) is 8.42 Å². The zero-order valence-electron chi connectivity index (χ0n) is 12.2. The number of hydrogen-bond donors (Lipinski definition) is 2. The lowest BCUT2D eigenvalue weighted by Gasteiger charge is -2.16. The third-order valence-electron chi connectivity index (χ3n) is 3.02. The van der Waals surface area contributed by atoms with Crippen LogP contribution in [-0.2, 0) is 26.1 Å². The number of carbonyl (C=O) groups is 1. The first-order valence-electron chi connectivity index (χ1n) is 6.64. The van der Waals surface area contributed by atoms with Gasteiger partial charge in [0.05, 0.1) is 12.9 Å². The molecule has 0 aliphatic rings.